The highest BCUT2D eigenvalue weighted by atomic mass is 16.2. The number of nitrogens with two attached hydrogens (primary N) is 1. The fraction of sp³-hybridized carbons (Fsp3) is 0.333. The van der Waals surface area contributed by atoms with Crippen LogP contribution < -0.4 is 11.1 Å². The number of anilines is 1. The normalized spacial score (nSPS) is 13.0. The lowest BCUT2D eigenvalue weighted by Gasteiger charge is -2.19. The van der Waals surface area contributed by atoms with E-state index >= 15 is 0 Å². The number of rotatable bonds is 1. The summed E-state index contributed by atoms with van der Waals surface area (Å²) >= 11 is 0. The molecule has 1 heterocycles. The van der Waals surface area contributed by atoms with Gasteiger partial charge in [-0.05, 0) is 53.5 Å². The summed E-state index contributed by atoms with van der Waals surface area (Å²) in [5.41, 5.74) is 11.5. The molecule has 0 spiro atoms. The number of H-pyrrole nitrogens is 1. The minimum absolute atomic E-state index is 0.303. The molecule has 0 aliphatic heterocycles. The van der Waals surface area contributed by atoms with Crippen molar-refractivity contribution in [2.75, 3.05) is 5.32 Å². The summed E-state index contributed by atoms with van der Waals surface area (Å²) in [5.74, 6) is 0. The van der Waals surface area contributed by atoms with E-state index in [1.54, 1.807) is 23.4 Å². The molecule has 2 amide bonds. The number of aryl methyl sites for hydroxylation is 2. The van der Waals surface area contributed by atoms with Crippen molar-refractivity contribution in [1.29, 1.82) is 0 Å². The van der Waals surface area contributed by atoms with Gasteiger partial charge in [-0.2, -0.15) is 5.10 Å². The van der Waals surface area contributed by atoms with Crippen molar-refractivity contribution in [2.45, 2.75) is 45.4 Å². The largest absolute Gasteiger partial charge is 0.351 e. The zero-order valence-corrected chi connectivity index (χ0v) is 15.6. The highest BCUT2D eigenvalue weighted by Crippen LogP contribution is 2.28. The second-order valence-corrected chi connectivity index (χ2v) is 7.71. The average Bonchev–Trinajstić information content (AvgIpc) is 3.23. The summed E-state index contributed by atoms with van der Waals surface area (Å²) in [4.78, 5) is 10.6. The Balaban J connectivity index is 0.000000151. The first-order valence-corrected chi connectivity index (χ1v) is 8.95. The maximum absolute atomic E-state index is 10.6. The Labute approximate surface area is 154 Å². The predicted octanol–water partition coefficient (Wildman–Crippen LogP) is 4.53. The number of amides is 2. The van der Waals surface area contributed by atoms with Crippen LogP contribution in [0.5, 0.6) is 0 Å². The van der Waals surface area contributed by atoms with Gasteiger partial charge >= 0.3 is 6.03 Å². The average molecular weight is 350 g/mol. The Kier molecular flexibility index (Phi) is 4.98. The smallest absolute Gasteiger partial charge is 0.316 e. The summed E-state index contributed by atoms with van der Waals surface area (Å²) in [6, 6.07) is 11.9. The van der Waals surface area contributed by atoms with Crippen molar-refractivity contribution in [2.24, 2.45) is 5.73 Å². The Morgan fingerprint density at radius 1 is 1.15 bits per heavy atom. The van der Waals surface area contributed by atoms with Crippen LogP contribution >= 0.6 is 0 Å². The minimum Gasteiger partial charge on any atom is -0.351 e. The third-order valence-electron chi connectivity index (χ3n) is 4.71. The van der Waals surface area contributed by atoms with Gasteiger partial charge in [-0.3, -0.25) is 5.10 Å². The van der Waals surface area contributed by atoms with Crippen molar-refractivity contribution >= 4 is 22.6 Å². The van der Waals surface area contributed by atoms with Gasteiger partial charge in [0.15, 0.2) is 0 Å². The second-order valence-electron chi connectivity index (χ2n) is 7.71. The van der Waals surface area contributed by atoms with Crippen LogP contribution in [-0.4, -0.2) is 16.2 Å². The monoisotopic (exact) mass is 350 g/mol. The third kappa shape index (κ3) is 4.04. The SMILES string of the molecule is CC(C)(C)c1ccc2c(c1)CCC2.NC(=O)Nc1cccc2[nH]ncc12. The maximum atomic E-state index is 10.6. The number of urea groups is 1. The summed E-state index contributed by atoms with van der Waals surface area (Å²) in [6.07, 6.45) is 5.57. The maximum Gasteiger partial charge on any atom is 0.316 e. The first-order valence-electron chi connectivity index (χ1n) is 8.95. The number of hydrogen-bond acceptors (Lipinski definition) is 2. The molecule has 0 unspecified atom stereocenters. The fourth-order valence-electron chi connectivity index (χ4n) is 3.25. The van der Waals surface area contributed by atoms with Crippen molar-refractivity contribution in [3.05, 3.63) is 59.3 Å². The number of aromatic nitrogens is 2. The van der Waals surface area contributed by atoms with Crippen LogP contribution in [-0.2, 0) is 18.3 Å². The Morgan fingerprint density at radius 3 is 2.65 bits per heavy atom. The number of carbonyl (C=O) groups excluding carboxylic acids is 1. The van der Waals surface area contributed by atoms with E-state index in [1.165, 1.54) is 24.8 Å². The molecule has 0 radical (unpaired) electrons. The molecule has 0 saturated heterocycles. The van der Waals surface area contributed by atoms with E-state index < -0.39 is 6.03 Å². The standard InChI is InChI=1S/C13H18.C8H8N4O/c1-13(2,3)12-8-7-10-5-4-6-11(10)9-12;9-8(13)11-6-2-1-3-7-5(6)4-10-12-7/h7-9H,4-6H2,1-3H3;1-4H,(H,10,12)(H3,9,11,13). The van der Waals surface area contributed by atoms with Gasteiger partial charge in [-0.25, -0.2) is 4.79 Å². The molecule has 5 nitrogen and oxygen atoms in total. The summed E-state index contributed by atoms with van der Waals surface area (Å²) in [7, 11) is 0. The summed E-state index contributed by atoms with van der Waals surface area (Å²) in [5, 5.41) is 10.0. The van der Waals surface area contributed by atoms with Crippen LogP contribution in [0, 0.1) is 0 Å². The van der Waals surface area contributed by atoms with E-state index in [0.717, 1.165) is 10.9 Å². The van der Waals surface area contributed by atoms with Crippen LogP contribution in [0.1, 0.15) is 43.9 Å². The summed E-state index contributed by atoms with van der Waals surface area (Å²) < 4.78 is 0. The van der Waals surface area contributed by atoms with Gasteiger partial charge in [0.2, 0.25) is 0 Å². The first-order chi connectivity index (χ1) is 12.3. The molecule has 0 atom stereocenters. The molecule has 0 fully saturated rings. The zero-order valence-electron chi connectivity index (χ0n) is 15.6. The van der Waals surface area contributed by atoms with Gasteiger partial charge in [0.1, 0.15) is 0 Å². The molecule has 1 aliphatic rings. The number of carbonyl (C=O) groups is 1. The Bertz CT molecular complexity index is 921. The van der Waals surface area contributed by atoms with Crippen molar-refractivity contribution in [3.8, 4) is 0 Å². The number of primary amides is 1. The minimum atomic E-state index is -0.575. The van der Waals surface area contributed by atoms with Crippen molar-refractivity contribution < 1.29 is 4.79 Å². The second kappa shape index (κ2) is 7.20. The highest BCUT2D eigenvalue weighted by molar-refractivity contribution is 5.99. The fourth-order valence-corrected chi connectivity index (χ4v) is 3.25. The van der Waals surface area contributed by atoms with Crippen LogP contribution in [0.15, 0.2) is 42.6 Å². The number of benzene rings is 2. The number of hydrogen-bond donors (Lipinski definition) is 3. The van der Waals surface area contributed by atoms with E-state index in [-0.39, 0.29) is 0 Å². The third-order valence-corrected chi connectivity index (χ3v) is 4.71. The van der Waals surface area contributed by atoms with E-state index in [0.29, 0.717) is 11.1 Å². The molecule has 0 saturated carbocycles. The van der Waals surface area contributed by atoms with Crippen molar-refractivity contribution in [3.63, 3.8) is 0 Å². The van der Waals surface area contributed by atoms with Gasteiger partial charge < -0.3 is 11.1 Å². The zero-order chi connectivity index (χ0) is 18.7. The van der Waals surface area contributed by atoms with Gasteiger partial charge in [0, 0.05) is 5.39 Å². The van der Waals surface area contributed by atoms with Gasteiger partial charge in [0.05, 0.1) is 17.4 Å². The Hall–Kier alpha value is -2.82. The molecule has 4 N–H and O–H groups in total. The molecule has 1 aliphatic carbocycles. The van der Waals surface area contributed by atoms with Gasteiger partial charge in [-0.15, -0.1) is 0 Å². The molecule has 0 bridgehead atoms. The number of nitrogens with zero attached hydrogens (tertiary/aromatic N) is 1. The Morgan fingerprint density at radius 2 is 1.92 bits per heavy atom. The molecular weight excluding hydrogens is 324 g/mol. The topological polar surface area (TPSA) is 83.8 Å². The molecule has 5 heteroatoms. The lowest BCUT2D eigenvalue weighted by atomic mass is 9.85. The van der Waals surface area contributed by atoms with Crippen LogP contribution in [0.25, 0.3) is 10.9 Å². The lowest BCUT2D eigenvalue weighted by molar-refractivity contribution is 0.259. The van der Waals surface area contributed by atoms with Crippen LogP contribution in [0.3, 0.4) is 0 Å². The van der Waals surface area contributed by atoms with Gasteiger partial charge in [-0.1, -0.05) is 45.0 Å². The summed E-state index contributed by atoms with van der Waals surface area (Å²) in [6.45, 7) is 6.84. The van der Waals surface area contributed by atoms with Crippen LogP contribution in [0.2, 0.25) is 0 Å². The quantitative estimate of drug-likeness (QED) is 0.602. The van der Waals surface area contributed by atoms with E-state index in [4.69, 9.17) is 5.73 Å². The lowest BCUT2D eigenvalue weighted by Crippen LogP contribution is -2.19. The van der Waals surface area contributed by atoms with Gasteiger partial charge in [0.25, 0.3) is 0 Å². The van der Waals surface area contributed by atoms with E-state index in [2.05, 4.69) is 54.5 Å². The van der Waals surface area contributed by atoms with E-state index in [9.17, 15) is 4.79 Å². The van der Waals surface area contributed by atoms with Crippen LogP contribution in [0.4, 0.5) is 10.5 Å². The molecule has 4 rings (SSSR count). The molecule has 1 aromatic heterocycles. The van der Waals surface area contributed by atoms with E-state index in [1.807, 2.05) is 12.1 Å². The highest BCUT2D eigenvalue weighted by Gasteiger charge is 2.17. The molecule has 136 valence electrons. The molecule has 26 heavy (non-hydrogen) atoms. The number of aromatic amines is 1. The van der Waals surface area contributed by atoms with Crippen molar-refractivity contribution in [1.82, 2.24) is 10.2 Å². The molecule has 2 aromatic carbocycles. The first kappa shape index (κ1) is 18.0. The molecule has 3 aromatic rings. The number of nitrogens with one attached hydrogen (secondary N) is 2. The molecular formula is C21H26N4O. The predicted molar refractivity (Wildman–Crippen MR) is 106 cm³/mol. The number of fused-ring (bicyclic) bond motifs is 2.